The van der Waals surface area contributed by atoms with E-state index in [1.807, 2.05) is 0 Å². The molecule has 2 unspecified atom stereocenters. The molecule has 134 valence electrons. The molecule has 1 aromatic carbocycles. The second-order valence-corrected chi connectivity index (χ2v) is 7.76. The minimum absolute atomic E-state index is 0.0412. The standard InChI is InChI=1S/C15H19F3N2O3S/c1-24(22,23)20-13-8-3-2-7-12(13)19-14(21)10-5-4-6-11(9-10)15(16,17)18/h2-3,7-8,10-11,20H,4-6,9H2,1H3,(H,19,21). The van der Waals surface area contributed by atoms with Crippen LogP contribution in [0.3, 0.4) is 0 Å². The highest BCUT2D eigenvalue weighted by Crippen LogP contribution is 2.40. The normalized spacial score (nSPS) is 22.0. The SMILES string of the molecule is CS(=O)(=O)Nc1ccccc1NC(=O)C1CCCC(C(F)(F)F)C1. The van der Waals surface area contributed by atoms with Gasteiger partial charge in [0.15, 0.2) is 0 Å². The predicted molar refractivity (Wildman–Crippen MR) is 85.0 cm³/mol. The van der Waals surface area contributed by atoms with Crippen molar-refractivity contribution in [1.29, 1.82) is 0 Å². The summed E-state index contributed by atoms with van der Waals surface area (Å²) >= 11 is 0. The number of anilines is 2. The van der Waals surface area contributed by atoms with Crippen molar-refractivity contribution in [2.75, 3.05) is 16.3 Å². The van der Waals surface area contributed by atoms with E-state index in [0.717, 1.165) is 6.26 Å². The molecule has 1 aromatic rings. The van der Waals surface area contributed by atoms with Gasteiger partial charge in [0.1, 0.15) is 0 Å². The van der Waals surface area contributed by atoms with Gasteiger partial charge in [-0.05, 0) is 31.4 Å². The molecule has 2 rings (SSSR count). The Labute approximate surface area is 138 Å². The minimum atomic E-state index is -4.30. The summed E-state index contributed by atoms with van der Waals surface area (Å²) in [5.41, 5.74) is 0.401. The first-order valence-electron chi connectivity index (χ1n) is 7.50. The summed E-state index contributed by atoms with van der Waals surface area (Å²) < 4.78 is 63.5. The first-order valence-corrected chi connectivity index (χ1v) is 9.40. The fraction of sp³-hybridized carbons (Fsp3) is 0.533. The summed E-state index contributed by atoms with van der Waals surface area (Å²) in [4.78, 5) is 12.3. The van der Waals surface area contributed by atoms with Crippen LogP contribution in [0, 0.1) is 11.8 Å². The van der Waals surface area contributed by atoms with Crippen LogP contribution in [0.15, 0.2) is 24.3 Å². The third-order valence-corrected chi connectivity index (χ3v) is 4.58. The van der Waals surface area contributed by atoms with E-state index in [1.54, 1.807) is 12.1 Å². The Bertz CT molecular complexity index is 704. The van der Waals surface area contributed by atoms with Gasteiger partial charge >= 0.3 is 6.18 Å². The lowest BCUT2D eigenvalue weighted by atomic mass is 9.80. The summed E-state index contributed by atoms with van der Waals surface area (Å²) in [7, 11) is -3.54. The number of amides is 1. The van der Waals surface area contributed by atoms with E-state index < -0.39 is 33.9 Å². The maximum absolute atomic E-state index is 12.8. The van der Waals surface area contributed by atoms with E-state index in [-0.39, 0.29) is 24.2 Å². The molecule has 1 aliphatic rings. The number of rotatable bonds is 4. The van der Waals surface area contributed by atoms with Crippen LogP contribution >= 0.6 is 0 Å². The van der Waals surface area contributed by atoms with Crippen LogP contribution < -0.4 is 10.0 Å². The second kappa shape index (κ2) is 7.00. The number of alkyl halides is 3. The summed E-state index contributed by atoms with van der Waals surface area (Å²) in [6, 6.07) is 6.15. The van der Waals surface area contributed by atoms with Gasteiger partial charge in [-0.2, -0.15) is 13.2 Å². The molecular formula is C15H19F3N2O3S. The summed E-state index contributed by atoms with van der Waals surface area (Å²) in [5.74, 6) is -2.73. The molecule has 1 aliphatic carbocycles. The van der Waals surface area contributed by atoms with Crippen LogP contribution in [-0.4, -0.2) is 26.8 Å². The molecule has 0 saturated heterocycles. The lowest BCUT2D eigenvalue weighted by Crippen LogP contribution is -2.34. The van der Waals surface area contributed by atoms with Crippen molar-refractivity contribution in [2.45, 2.75) is 31.9 Å². The van der Waals surface area contributed by atoms with Crippen molar-refractivity contribution in [2.24, 2.45) is 11.8 Å². The Morgan fingerprint density at radius 2 is 1.79 bits per heavy atom. The Kier molecular flexibility index (Phi) is 5.42. The van der Waals surface area contributed by atoms with E-state index in [4.69, 9.17) is 0 Å². The fourth-order valence-electron chi connectivity index (χ4n) is 2.84. The Balaban J connectivity index is 2.10. The zero-order valence-electron chi connectivity index (χ0n) is 13.1. The molecular weight excluding hydrogens is 345 g/mol. The molecule has 0 radical (unpaired) electrons. The van der Waals surface area contributed by atoms with Gasteiger partial charge in [0.05, 0.1) is 23.5 Å². The first kappa shape index (κ1) is 18.6. The lowest BCUT2D eigenvalue weighted by molar-refractivity contribution is -0.185. The van der Waals surface area contributed by atoms with Crippen LogP contribution in [0.5, 0.6) is 0 Å². The number of hydrogen-bond acceptors (Lipinski definition) is 3. The number of nitrogens with one attached hydrogen (secondary N) is 2. The summed E-state index contributed by atoms with van der Waals surface area (Å²) in [6.07, 6.45) is -2.79. The zero-order chi connectivity index (χ0) is 18.0. The van der Waals surface area contributed by atoms with E-state index in [1.165, 1.54) is 12.1 Å². The Morgan fingerprint density at radius 3 is 2.38 bits per heavy atom. The summed E-state index contributed by atoms with van der Waals surface area (Å²) in [6.45, 7) is 0. The van der Waals surface area contributed by atoms with Crippen molar-refractivity contribution >= 4 is 27.3 Å². The number of sulfonamides is 1. The maximum Gasteiger partial charge on any atom is 0.391 e. The number of hydrogen-bond donors (Lipinski definition) is 2. The van der Waals surface area contributed by atoms with Crippen molar-refractivity contribution in [1.82, 2.24) is 0 Å². The smallest absolute Gasteiger partial charge is 0.324 e. The lowest BCUT2D eigenvalue weighted by Gasteiger charge is -2.29. The molecule has 0 aromatic heterocycles. The molecule has 9 heteroatoms. The molecule has 0 aliphatic heterocycles. The molecule has 1 saturated carbocycles. The van der Waals surface area contributed by atoms with E-state index >= 15 is 0 Å². The van der Waals surface area contributed by atoms with Crippen LogP contribution in [0.1, 0.15) is 25.7 Å². The van der Waals surface area contributed by atoms with Crippen molar-refractivity contribution in [3.8, 4) is 0 Å². The van der Waals surface area contributed by atoms with Gasteiger partial charge < -0.3 is 5.32 Å². The zero-order valence-corrected chi connectivity index (χ0v) is 13.9. The van der Waals surface area contributed by atoms with Crippen molar-refractivity contribution < 1.29 is 26.4 Å². The maximum atomic E-state index is 12.8. The predicted octanol–water partition coefficient (Wildman–Crippen LogP) is 3.37. The number of benzene rings is 1. The van der Waals surface area contributed by atoms with E-state index in [2.05, 4.69) is 10.0 Å². The first-order chi connectivity index (χ1) is 11.1. The van der Waals surface area contributed by atoms with Crippen molar-refractivity contribution in [3.63, 3.8) is 0 Å². The average molecular weight is 364 g/mol. The average Bonchev–Trinajstić information content (AvgIpc) is 2.47. The van der Waals surface area contributed by atoms with Crippen LogP contribution in [-0.2, 0) is 14.8 Å². The van der Waals surface area contributed by atoms with Crippen molar-refractivity contribution in [3.05, 3.63) is 24.3 Å². The highest BCUT2D eigenvalue weighted by molar-refractivity contribution is 7.92. The quantitative estimate of drug-likeness (QED) is 0.860. The summed E-state index contributed by atoms with van der Waals surface area (Å²) in [5, 5.41) is 2.54. The van der Waals surface area contributed by atoms with Gasteiger partial charge in [0, 0.05) is 5.92 Å². The Hall–Kier alpha value is -1.77. The third-order valence-electron chi connectivity index (χ3n) is 3.99. The molecule has 0 heterocycles. The molecule has 1 amide bonds. The van der Waals surface area contributed by atoms with Crippen LogP contribution in [0.2, 0.25) is 0 Å². The highest BCUT2D eigenvalue weighted by Gasteiger charge is 2.43. The van der Waals surface area contributed by atoms with Gasteiger partial charge in [-0.1, -0.05) is 18.6 Å². The van der Waals surface area contributed by atoms with E-state index in [0.29, 0.717) is 12.8 Å². The number of halogens is 3. The van der Waals surface area contributed by atoms with Crippen LogP contribution in [0.25, 0.3) is 0 Å². The number of carbonyl (C=O) groups is 1. The van der Waals surface area contributed by atoms with Gasteiger partial charge in [-0.15, -0.1) is 0 Å². The Morgan fingerprint density at radius 1 is 1.17 bits per heavy atom. The molecule has 2 N–H and O–H groups in total. The third kappa shape index (κ3) is 5.12. The number of para-hydroxylation sites is 2. The van der Waals surface area contributed by atoms with Gasteiger partial charge in [-0.25, -0.2) is 8.42 Å². The molecule has 2 atom stereocenters. The highest BCUT2D eigenvalue weighted by atomic mass is 32.2. The van der Waals surface area contributed by atoms with Gasteiger partial charge in [-0.3, -0.25) is 9.52 Å². The minimum Gasteiger partial charge on any atom is -0.324 e. The van der Waals surface area contributed by atoms with Gasteiger partial charge in [0.2, 0.25) is 15.9 Å². The monoisotopic (exact) mass is 364 g/mol. The van der Waals surface area contributed by atoms with E-state index in [9.17, 15) is 26.4 Å². The molecule has 5 nitrogen and oxygen atoms in total. The molecule has 0 bridgehead atoms. The topological polar surface area (TPSA) is 75.3 Å². The largest absolute Gasteiger partial charge is 0.391 e. The molecule has 1 fully saturated rings. The molecule has 0 spiro atoms. The van der Waals surface area contributed by atoms with Gasteiger partial charge in [0.25, 0.3) is 0 Å². The fourth-order valence-corrected chi connectivity index (χ4v) is 3.42. The number of carbonyl (C=O) groups excluding carboxylic acids is 1. The van der Waals surface area contributed by atoms with Crippen LogP contribution in [0.4, 0.5) is 24.5 Å². The molecule has 24 heavy (non-hydrogen) atoms. The second-order valence-electron chi connectivity index (χ2n) is 6.01.